The smallest absolute Gasteiger partial charge is 0.107 e. The van der Waals surface area contributed by atoms with E-state index in [1.54, 1.807) is 25.6 Å². The molecule has 0 aliphatic carbocycles. The molecule has 0 saturated heterocycles. The van der Waals surface area contributed by atoms with Crippen molar-refractivity contribution in [3.05, 3.63) is 15.6 Å². The summed E-state index contributed by atoms with van der Waals surface area (Å²) in [5.74, 6) is 0. The first-order chi connectivity index (χ1) is 8.67. The van der Waals surface area contributed by atoms with Crippen LogP contribution in [0.25, 0.3) is 0 Å². The Hall–Kier alpha value is -0.530. The molecule has 1 rings (SSSR count). The van der Waals surface area contributed by atoms with Gasteiger partial charge in [0.1, 0.15) is 5.01 Å². The van der Waals surface area contributed by atoms with Crippen LogP contribution in [0.1, 0.15) is 15.6 Å². The van der Waals surface area contributed by atoms with Crippen molar-refractivity contribution in [3.63, 3.8) is 0 Å². The van der Waals surface area contributed by atoms with Crippen LogP contribution in [-0.4, -0.2) is 51.4 Å². The zero-order valence-corrected chi connectivity index (χ0v) is 12.5. The summed E-state index contributed by atoms with van der Waals surface area (Å²) < 4.78 is 10.2. The lowest BCUT2D eigenvalue weighted by Crippen LogP contribution is -2.18. The Morgan fingerprint density at radius 3 is 2.67 bits per heavy atom. The zero-order chi connectivity index (χ0) is 13.4. The summed E-state index contributed by atoms with van der Waals surface area (Å²) in [4.78, 5) is 8.00. The molecule has 0 unspecified atom stereocenters. The molecule has 0 fully saturated rings. The first-order valence-corrected chi connectivity index (χ1v) is 6.79. The monoisotopic (exact) mass is 273 g/mol. The maximum atomic E-state index is 5.19. The van der Waals surface area contributed by atoms with Gasteiger partial charge in [-0.2, -0.15) is 0 Å². The van der Waals surface area contributed by atoms with Gasteiger partial charge in [-0.1, -0.05) is 0 Å². The Labute approximate surface area is 113 Å². The van der Waals surface area contributed by atoms with Crippen LogP contribution >= 0.6 is 11.3 Å². The molecule has 0 amide bonds. The predicted octanol–water partition coefficient (Wildman–Crippen LogP) is 1.09. The molecule has 18 heavy (non-hydrogen) atoms. The summed E-state index contributed by atoms with van der Waals surface area (Å²) in [7, 11) is 7.51. The first kappa shape index (κ1) is 15.5. The predicted molar refractivity (Wildman–Crippen MR) is 73.8 cm³/mol. The molecule has 1 aromatic rings. The van der Waals surface area contributed by atoms with E-state index in [9.17, 15) is 0 Å². The van der Waals surface area contributed by atoms with Crippen LogP contribution in [0, 0.1) is 0 Å². The lowest BCUT2D eigenvalue weighted by atomic mass is 10.3. The third-order valence-electron chi connectivity index (χ3n) is 2.32. The highest BCUT2D eigenvalue weighted by Gasteiger charge is 2.11. The van der Waals surface area contributed by atoms with Crippen molar-refractivity contribution >= 4 is 11.3 Å². The van der Waals surface area contributed by atoms with Crippen molar-refractivity contribution < 1.29 is 9.47 Å². The number of methoxy groups -OCH3 is 2. The normalized spacial score (nSPS) is 11.4. The topological polar surface area (TPSA) is 46.6 Å². The lowest BCUT2D eigenvalue weighted by molar-refractivity contribution is 0.180. The minimum absolute atomic E-state index is 0.575. The number of hydrogen-bond acceptors (Lipinski definition) is 6. The van der Waals surface area contributed by atoms with Crippen molar-refractivity contribution in [3.8, 4) is 0 Å². The third kappa shape index (κ3) is 5.41. The van der Waals surface area contributed by atoms with Crippen molar-refractivity contribution in [2.45, 2.75) is 19.7 Å². The van der Waals surface area contributed by atoms with Gasteiger partial charge in [-0.3, -0.25) is 0 Å². The molecule has 0 aromatic carbocycles. The van der Waals surface area contributed by atoms with E-state index < -0.39 is 0 Å². The Kier molecular flexibility index (Phi) is 7.38. The van der Waals surface area contributed by atoms with Crippen molar-refractivity contribution in [2.75, 3.05) is 41.5 Å². The van der Waals surface area contributed by atoms with Crippen LogP contribution in [0.4, 0.5) is 0 Å². The average Bonchev–Trinajstić information content (AvgIpc) is 2.66. The van der Waals surface area contributed by atoms with E-state index >= 15 is 0 Å². The van der Waals surface area contributed by atoms with Gasteiger partial charge in [0, 0.05) is 38.7 Å². The molecule has 1 heterocycles. The molecule has 104 valence electrons. The Morgan fingerprint density at radius 2 is 2.06 bits per heavy atom. The number of nitrogens with zero attached hydrogens (tertiary/aromatic N) is 2. The number of rotatable bonds is 9. The van der Waals surface area contributed by atoms with Gasteiger partial charge in [0.25, 0.3) is 0 Å². The van der Waals surface area contributed by atoms with Crippen LogP contribution < -0.4 is 5.32 Å². The van der Waals surface area contributed by atoms with Gasteiger partial charge in [0.2, 0.25) is 0 Å². The molecule has 0 atom stereocenters. The quantitative estimate of drug-likeness (QED) is 0.682. The molecule has 0 radical (unpaired) electrons. The van der Waals surface area contributed by atoms with Crippen molar-refractivity contribution in [2.24, 2.45) is 0 Å². The Morgan fingerprint density at radius 1 is 1.28 bits per heavy atom. The van der Waals surface area contributed by atoms with Crippen LogP contribution in [0.15, 0.2) is 0 Å². The molecule has 1 N–H and O–H groups in total. The zero-order valence-electron chi connectivity index (χ0n) is 11.7. The SMILES string of the molecule is COCCNCc1sc(CN(C)C)nc1COC. The number of thiazole rings is 1. The number of hydrogen-bond donors (Lipinski definition) is 1. The van der Waals surface area contributed by atoms with Crippen molar-refractivity contribution in [1.29, 1.82) is 0 Å². The van der Waals surface area contributed by atoms with E-state index in [0.717, 1.165) is 36.9 Å². The first-order valence-electron chi connectivity index (χ1n) is 5.98. The molecule has 5 nitrogen and oxygen atoms in total. The molecule has 0 saturated carbocycles. The molecule has 0 spiro atoms. The Balaban J connectivity index is 2.59. The van der Waals surface area contributed by atoms with Gasteiger partial charge in [-0.05, 0) is 14.1 Å². The average molecular weight is 273 g/mol. The largest absolute Gasteiger partial charge is 0.383 e. The highest BCUT2D eigenvalue weighted by Crippen LogP contribution is 2.20. The van der Waals surface area contributed by atoms with Crippen LogP contribution in [0.3, 0.4) is 0 Å². The summed E-state index contributed by atoms with van der Waals surface area (Å²) in [5, 5.41) is 4.48. The van der Waals surface area contributed by atoms with Gasteiger partial charge in [0.15, 0.2) is 0 Å². The minimum atomic E-state index is 0.575. The van der Waals surface area contributed by atoms with E-state index in [1.165, 1.54) is 4.88 Å². The summed E-state index contributed by atoms with van der Waals surface area (Å²) in [6.45, 7) is 3.85. The molecule has 0 bridgehead atoms. The Bertz CT molecular complexity index is 342. The van der Waals surface area contributed by atoms with Crippen LogP contribution in [0.5, 0.6) is 0 Å². The van der Waals surface area contributed by atoms with Crippen LogP contribution in [0.2, 0.25) is 0 Å². The van der Waals surface area contributed by atoms with E-state index in [-0.39, 0.29) is 0 Å². The summed E-state index contributed by atoms with van der Waals surface area (Å²) >= 11 is 1.75. The van der Waals surface area contributed by atoms with E-state index in [4.69, 9.17) is 9.47 Å². The van der Waals surface area contributed by atoms with Gasteiger partial charge in [0.05, 0.1) is 18.9 Å². The third-order valence-corrected chi connectivity index (χ3v) is 3.41. The molecule has 6 heteroatoms. The second-order valence-corrected chi connectivity index (χ2v) is 5.49. The van der Waals surface area contributed by atoms with Crippen molar-refractivity contribution in [1.82, 2.24) is 15.2 Å². The maximum absolute atomic E-state index is 5.19. The molecule has 1 aromatic heterocycles. The number of nitrogens with one attached hydrogen (secondary N) is 1. The fourth-order valence-electron chi connectivity index (χ4n) is 1.54. The maximum Gasteiger partial charge on any atom is 0.107 e. The molecule has 0 aliphatic heterocycles. The highest BCUT2D eigenvalue weighted by atomic mass is 32.1. The van der Waals surface area contributed by atoms with Crippen LogP contribution in [-0.2, 0) is 29.2 Å². The van der Waals surface area contributed by atoms with E-state index in [2.05, 4.69) is 15.2 Å². The molecular formula is C12H23N3O2S. The standard InChI is InChI=1S/C12H23N3O2S/c1-15(2)8-12-14-10(9-17-4)11(18-12)7-13-5-6-16-3/h13H,5-9H2,1-4H3. The van der Waals surface area contributed by atoms with Gasteiger partial charge in [-0.25, -0.2) is 4.98 Å². The fraction of sp³-hybridized carbons (Fsp3) is 0.750. The molecule has 0 aliphatic rings. The van der Waals surface area contributed by atoms with Gasteiger partial charge >= 0.3 is 0 Å². The summed E-state index contributed by atoms with van der Waals surface area (Å²) in [5.41, 5.74) is 1.05. The van der Waals surface area contributed by atoms with Gasteiger partial charge in [-0.15, -0.1) is 11.3 Å². The highest BCUT2D eigenvalue weighted by molar-refractivity contribution is 7.11. The summed E-state index contributed by atoms with van der Waals surface area (Å²) in [6.07, 6.45) is 0. The number of aromatic nitrogens is 1. The number of ether oxygens (including phenoxy) is 2. The minimum Gasteiger partial charge on any atom is -0.383 e. The lowest BCUT2D eigenvalue weighted by Gasteiger charge is -2.05. The van der Waals surface area contributed by atoms with E-state index in [1.807, 2.05) is 14.1 Å². The van der Waals surface area contributed by atoms with E-state index in [0.29, 0.717) is 6.61 Å². The molecular weight excluding hydrogens is 250 g/mol. The van der Waals surface area contributed by atoms with Gasteiger partial charge < -0.3 is 19.7 Å². The second kappa shape index (κ2) is 8.55. The summed E-state index contributed by atoms with van der Waals surface area (Å²) in [6, 6.07) is 0. The fourth-order valence-corrected chi connectivity index (χ4v) is 2.70. The second-order valence-electron chi connectivity index (χ2n) is 4.32.